The van der Waals surface area contributed by atoms with Crippen molar-refractivity contribution < 1.29 is 17.9 Å². The average molecular weight is 435 g/mol. The number of hydrogen-bond donors (Lipinski definition) is 1. The number of thioether (sulfide) groups is 1. The van der Waals surface area contributed by atoms with Crippen molar-refractivity contribution in [2.75, 3.05) is 31.8 Å². The summed E-state index contributed by atoms with van der Waals surface area (Å²) in [6.07, 6.45) is 5.73. The summed E-state index contributed by atoms with van der Waals surface area (Å²) in [6.45, 7) is 1.05. The number of nitrogens with one attached hydrogen (secondary N) is 1. The number of carbonyl (C=O) groups excluding carboxylic acids is 1. The molecule has 3 rings (SSSR count). The van der Waals surface area contributed by atoms with E-state index in [9.17, 15) is 13.2 Å². The highest BCUT2D eigenvalue weighted by molar-refractivity contribution is 7.98. The standard InChI is InChI=1S/C21H26N2O4S2/c1-27-19-12-11-16(29(25,26)23-13-7-3-4-8-14-23)15-18(19)22-21(24)17-9-5-6-10-20(17)28-2/h5-6,9-12,15H,3-4,7-8,13-14H2,1-2H3,(H,22,24). The van der Waals surface area contributed by atoms with Crippen LogP contribution in [0.15, 0.2) is 52.3 Å². The van der Waals surface area contributed by atoms with Gasteiger partial charge in [0.2, 0.25) is 10.0 Å². The summed E-state index contributed by atoms with van der Waals surface area (Å²) in [5.74, 6) is 0.104. The highest BCUT2D eigenvalue weighted by Crippen LogP contribution is 2.31. The second-order valence-electron chi connectivity index (χ2n) is 6.83. The van der Waals surface area contributed by atoms with E-state index in [4.69, 9.17) is 4.74 Å². The Kier molecular flexibility index (Phi) is 7.21. The fourth-order valence-corrected chi connectivity index (χ4v) is 5.54. The number of carbonyl (C=O) groups is 1. The fraction of sp³-hybridized carbons (Fsp3) is 0.381. The molecule has 1 fully saturated rings. The molecule has 0 spiro atoms. The third kappa shape index (κ3) is 4.94. The van der Waals surface area contributed by atoms with Gasteiger partial charge in [0.1, 0.15) is 5.75 Å². The van der Waals surface area contributed by atoms with E-state index in [-0.39, 0.29) is 10.8 Å². The first-order chi connectivity index (χ1) is 14.0. The minimum Gasteiger partial charge on any atom is -0.495 e. The predicted molar refractivity (Wildman–Crippen MR) is 116 cm³/mol. The molecule has 0 saturated carbocycles. The number of anilines is 1. The number of methoxy groups -OCH3 is 1. The van der Waals surface area contributed by atoms with Crippen LogP contribution >= 0.6 is 11.8 Å². The first-order valence-electron chi connectivity index (χ1n) is 9.60. The maximum absolute atomic E-state index is 13.1. The van der Waals surface area contributed by atoms with E-state index in [0.717, 1.165) is 30.6 Å². The SMILES string of the molecule is COc1ccc(S(=O)(=O)N2CCCCCC2)cc1NC(=O)c1ccccc1SC. The topological polar surface area (TPSA) is 75.7 Å². The number of amides is 1. The summed E-state index contributed by atoms with van der Waals surface area (Å²) in [6, 6.07) is 11.9. The van der Waals surface area contributed by atoms with Crippen LogP contribution in [0.4, 0.5) is 5.69 Å². The van der Waals surface area contributed by atoms with Crippen molar-refractivity contribution in [1.82, 2.24) is 4.31 Å². The third-order valence-corrected chi connectivity index (χ3v) is 7.66. The molecule has 2 aromatic rings. The van der Waals surface area contributed by atoms with Gasteiger partial charge in [0.25, 0.3) is 5.91 Å². The molecule has 0 aliphatic carbocycles. The molecule has 0 unspecified atom stereocenters. The van der Waals surface area contributed by atoms with E-state index < -0.39 is 10.0 Å². The number of ether oxygens (including phenoxy) is 1. The van der Waals surface area contributed by atoms with Crippen molar-refractivity contribution in [3.8, 4) is 5.75 Å². The highest BCUT2D eigenvalue weighted by Gasteiger charge is 2.26. The van der Waals surface area contributed by atoms with Gasteiger partial charge in [-0.1, -0.05) is 25.0 Å². The number of benzene rings is 2. The van der Waals surface area contributed by atoms with Crippen molar-refractivity contribution in [3.63, 3.8) is 0 Å². The molecule has 1 aliphatic rings. The molecule has 156 valence electrons. The largest absolute Gasteiger partial charge is 0.495 e. The Morgan fingerprint density at radius 1 is 1.07 bits per heavy atom. The van der Waals surface area contributed by atoms with Gasteiger partial charge in [0.05, 0.1) is 23.3 Å². The Bertz CT molecular complexity index is 968. The lowest BCUT2D eigenvalue weighted by Crippen LogP contribution is -2.32. The molecule has 0 radical (unpaired) electrons. The van der Waals surface area contributed by atoms with Crippen LogP contribution in [0.1, 0.15) is 36.0 Å². The van der Waals surface area contributed by atoms with Crippen LogP contribution in [-0.4, -0.2) is 45.1 Å². The maximum atomic E-state index is 13.1. The van der Waals surface area contributed by atoms with Crippen LogP contribution in [-0.2, 0) is 10.0 Å². The molecule has 8 heteroatoms. The number of hydrogen-bond acceptors (Lipinski definition) is 5. The zero-order chi connectivity index (χ0) is 20.9. The minimum absolute atomic E-state index is 0.161. The Morgan fingerprint density at radius 2 is 1.76 bits per heavy atom. The van der Waals surface area contributed by atoms with Gasteiger partial charge >= 0.3 is 0 Å². The lowest BCUT2D eigenvalue weighted by molar-refractivity contribution is 0.102. The van der Waals surface area contributed by atoms with Gasteiger partial charge in [0.15, 0.2) is 0 Å². The van der Waals surface area contributed by atoms with Gasteiger partial charge < -0.3 is 10.1 Å². The molecule has 29 heavy (non-hydrogen) atoms. The molecule has 0 atom stereocenters. The molecule has 1 saturated heterocycles. The van der Waals surface area contributed by atoms with Gasteiger partial charge in [-0.15, -0.1) is 11.8 Å². The summed E-state index contributed by atoms with van der Waals surface area (Å²) in [7, 11) is -2.13. The highest BCUT2D eigenvalue weighted by atomic mass is 32.2. The van der Waals surface area contributed by atoms with Gasteiger partial charge in [-0.05, 0) is 49.4 Å². The van der Waals surface area contributed by atoms with Crippen molar-refractivity contribution in [2.45, 2.75) is 35.5 Å². The second-order valence-corrected chi connectivity index (χ2v) is 9.62. The van der Waals surface area contributed by atoms with Crippen LogP contribution in [0.5, 0.6) is 5.75 Å². The molecule has 1 amide bonds. The van der Waals surface area contributed by atoms with Gasteiger partial charge in [-0.3, -0.25) is 4.79 Å². The van der Waals surface area contributed by atoms with E-state index in [1.807, 2.05) is 18.4 Å². The zero-order valence-electron chi connectivity index (χ0n) is 16.7. The van der Waals surface area contributed by atoms with E-state index in [1.54, 1.807) is 18.2 Å². The van der Waals surface area contributed by atoms with Crippen LogP contribution in [0, 0.1) is 0 Å². The van der Waals surface area contributed by atoms with E-state index in [2.05, 4.69) is 5.32 Å². The molecule has 0 aromatic heterocycles. The Labute approximate surface area is 176 Å². The molecule has 1 aliphatic heterocycles. The average Bonchev–Trinajstić information content (AvgIpc) is 3.03. The first kappa shape index (κ1) is 21.7. The lowest BCUT2D eigenvalue weighted by Gasteiger charge is -2.21. The van der Waals surface area contributed by atoms with Crippen LogP contribution in [0.25, 0.3) is 0 Å². The van der Waals surface area contributed by atoms with Gasteiger partial charge in [0, 0.05) is 18.0 Å². The number of sulfonamides is 1. The minimum atomic E-state index is -3.62. The quantitative estimate of drug-likeness (QED) is 0.689. The fourth-order valence-electron chi connectivity index (χ4n) is 3.40. The van der Waals surface area contributed by atoms with Gasteiger partial charge in [-0.25, -0.2) is 8.42 Å². The first-order valence-corrected chi connectivity index (χ1v) is 12.3. The van der Waals surface area contributed by atoms with Crippen molar-refractivity contribution >= 4 is 33.4 Å². The summed E-state index contributed by atoms with van der Waals surface area (Å²) in [5.41, 5.74) is 0.868. The van der Waals surface area contributed by atoms with E-state index >= 15 is 0 Å². The Morgan fingerprint density at radius 3 is 2.41 bits per heavy atom. The molecule has 1 heterocycles. The second kappa shape index (κ2) is 9.65. The molecule has 6 nitrogen and oxygen atoms in total. The van der Waals surface area contributed by atoms with Crippen LogP contribution in [0.3, 0.4) is 0 Å². The summed E-state index contributed by atoms with van der Waals surface area (Å²) < 4.78 is 33.1. The van der Waals surface area contributed by atoms with Crippen LogP contribution in [0.2, 0.25) is 0 Å². The molecular weight excluding hydrogens is 408 g/mol. The maximum Gasteiger partial charge on any atom is 0.256 e. The summed E-state index contributed by atoms with van der Waals surface area (Å²) in [4.78, 5) is 13.8. The Balaban J connectivity index is 1.92. The van der Waals surface area contributed by atoms with E-state index in [1.165, 1.54) is 35.3 Å². The van der Waals surface area contributed by atoms with E-state index in [0.29, 0.717) is 30.1 Å². The number of nitrogens with zero attached hydrogens (tertiary/aromatic N) is 1. The molecule has 0 bridgehead atoms. The normalized spacial score (nSPS) is 15.5. The number of rotatable bonds is 6. The molecule has 1 N–H and O–H groups in total. The summed E-state index contributed by atoms with van der Waals surface area (Å²) in [5, 5.41) is 2.82. The van der Waals surface area contributed by atoms with Crippen molar-refractivity contribution in [2.24, 2.45) is 0 Å². The monoisotopic (exact) mass is 434 g/mol. The summed E-state index contributed by atoms with van der Waals surface area (Å²) >= 11 is 1.48. The van der Waals surface area contributed by atoms with Crippen molar-refractivity contribution in [3.05, 3.63) is 48.0 Å². The van der Waals surface area contributed by atoms with Gasteiger partial charge in [-0.2, -0.15) is 4.31 Å². The smallest absolute Gasteiger partial charge is 0.256 e. The van der Waals surface area contributed by atoms with Crippen molar-refractivity contribution in [1.29, 1.82) is 0 Å². The lowest BCUT2D eigenvalue weighted by atomic mass is 10.2. The molecular formula is C21H26N2O4S2. The molecule has 2 aromatic carbocycles. The predicted octanol–water partition coefficient (Wildman–Crippen LogP) is 4.23. The zero-order valence-corrected chi connectivity index (χ0v) is 18.3. The Hall–Kier alpha value is -2.03. The van der Waals surface area contributed by atoms with Crippen LogP contribution < -0.4 is 10.1 Å². The third-order valence-electron chi connectivity index (χ3n) is 4.97.